The number of hydrazine groups is 1. The Hall–Kier alpha value is -0.940. The molecule has 0 spiro atoms. The zero-order chi connectivity index (χ0) is 8.23. The third-order valence-electron chi connectivity index (χ3n) is 2.07. The molecule has 0 aromatic heterocycles. The van der Waals surface area contributed by atoms with E-state index >= 15 is 0 Å². The van der Waals surface area contributed by atoms with Crippen molar-refractivity contribution in [1.29, 1.82) is 0 Å². The summed E-state index contributed by atoms with van der Waals surface area (Å²) in [4.78, 5) is 5.02. The average Bonchev–Trinajstić information content (AvgIpc) is 2.59. The van der Waals surface area contributed by atoms with Crippen LogP contribution < -0.4 is 21.6 Å². The molecule has 0 aromatic rings. The van der Waals surface area contributed by atoms with Crippen LogP contribution in [0.2, 0.25) is 0 Å². The Bertz CT molecular complexity index is 176. The highest BCUT2D eigenvalue weighted by atomic mass is 16.7. The van der Waals surface area contributed by atoms with Crippen molar-refractivity contribution in [3.05, 3.63) is 12.1 Å². The van der Waals surface area contributed by atoms with E-state index in [4.69, 9.17) is 4.84 Å². The molecule has 0 aromatic carbocycles. The Kier molecular flexibility index (Phi) is 2.33. The lowest BCUT2D eigenvalue weighted by atomic mass is 10.1. The van der Waals surface area contributed by atoms with E-state index in [2.05, 4.69) is 21.6 Å². The van der Waals surface area contributed by atoms with Crippen LogP contribution in [-0.4, -0.2) is 19.1 Å². The quantitative estimate of drug-likeness (QED) is 0.435. The fourth-order valence-corrected chi connectivity index (χ4v) is 1.46. The highest BCUT2D eigenvalue weighted by Crippen LogP contribution is 2.04. The van der Waals surface area contributed by atoms with Crippen LogP contribution in [0.1, 0.15) is 12.8 Å². The second kappa shape index (κ2) is 3.64. The molecule has 12 heavy (non-hydrogen) atoms. The summed E-state index contributed by atoms with van der Waals surface area (Å²) in [5, 5.41) is 6.59. The summed E-state index contributed by atoms with van der Waals surface area (Å²) in [6.07, 6.45) is 4.20. The number of hydrogen-bond donors (Lipinski definition) is 4. The van der Waals surface area contributed by atoms with Crippen molar-refractivity contribution in [2.24, 2.45) is 0 Å². The van der Waals surface area contributed by atoms with E-state index in [0.717, 1.165) is 19.0 Å². The highest BCUT2D eigenvalue weighted by Gasteiger charge is 2.15. The van der Waals surface area contributed by atoms with E-state index in [1.165, 1.54) is 12.8 Å². The van der Waals surface area contributed by atoms with Gasteiger partial charge in [-0.25, -0.2) is 0 Å². The molecular formula is C7H14N4O. The number of hydrogen-bond acceptors (Lipinski definition) is 5. The molecule has 2 heterocycles. The van der Waals surface area contributed by atoms with E-state index in [1.807, 2.05) is 0 Å². The van der Waals surface area contributed by atoms with Gasteiger partial charge in [0.15, 0.2) is 0 Å². The van der Waals surface area contributed by atoms with Crippen LogP contribution >= 0.6 is 0 Å². The van der Waals surface area contributed by atoms with Gasteiger partial charge in [0.25, 0.3) is 0 Å². The van der Waals surface area contributed by atoms with Gasteiger partial charge in [-0.2, -0.15) is 0 Å². The van der Waals surface area contributed by atoms with Gasteiger partial charge in [0, 0.05) is 12.6 Å². The maximum atomic E-state index is 5.02. The van der Waals surface area contributed by atoms with E-state index in [9.17, 15) is 0 Å². The minimum atomic E-state index is 0.492. The molecule has 5 nitrogen and oxygen atoms in total. The zero-order valence-corrected chi connectivity index (χ0v) is 6.89. The molecule has 5 heteroatoms. The van der Waals surface area contributed by atoms with Crippen LogP contribution in [0.3, 0.4) is 0 Å². The smallest absolute Gasteiger partial charge is 0.232 e. The first-order chi connectivity index (χ1) is 5.95. The minimum absolute atomic E-state index is 0.492. The largest absolute Gasteiger partial charge is 0.370 e. The van der Waals surface area contributed by atoms with Crippen LogP contribution in [0, 0.1) is 0 Å². The molecule has 2 aliphatic rings. The zero-order valence-electron chi connectivity index (χ0n) is 6.89. The molecule has 1 saturated heterocycles. The standard InChI is InChI=1S/C7H14N4O/c1-2-6(4-8-3-1)10-7-5-9-11-12-7/h5-6,8-11H,1-4H2. The molecule has 1 atom stereocenters. The lowest BCUT2D eigenvalue weighted by Crippen LogP contribution is -2.42. The van der Waals surface area contributed by atoms with Gasteiger partial charge in [0.05, 0.1) is 6.20 Å². The Labute approximate surface area is 71.5 Å². The van der Waals surface area contributed by atoms with Crippen LogP contribution in [0.5, 0.6) is 0 Å². The topological polar surface area (TPSA) is 57.4 Å². The molecular weight excluding hydrogens is 156 g/mol. The van der Waals surface area contributed by atoms with Crippen molar-refractivity contribution in [1.82, 2.24) is 21.6 Å². The molecule has 1 fully saturated rings. The summed E-state index contributed by atoms with van der Waals surface area (Å²) in [6, 6.07) is 0.492. The first kappa shape index (κ1) is 7.70. The molecule has 0 saturated carbocycles. The van der Waals surface area contributed by atoms with Gasteiger partial charge in [-0.15, -0.1) is 0 Å². The third kappa shape index (κ3) is 1.80. The number of rotatable bonds is 2. The molecule has 0 amide bonds. The van der Waals surface area contributed by atoms with E-state index < -0.39 is 0 Å². The van der Waals surface area contributed by atoms with E-state index in [1.54, 1.807) is 6.20 Å². The van der Waals surface area contributed by atoms with Gasteiger partial charge in [-0.05, 0) is 19.4 Å². The Morgan fingerprint density at radius 2 is 2.58 bits per heavy atom. The van der Waals surface area contributed by atoms with Gasteiger partial charge in [-0.1, -0.05) is 5.59 Å². The fraction of sp³-hybridized carbons (Fsp3) is 0.714. The van der Waals surface area contributed by atoms with Crippen molar-refractivity contribution in [2.45, 2.75) is 18.9 Å². The maximum absolute atomic E-state index is 5.02. The highest BCUT2D eigenvalue weighted by molar-refractivity contribution is 4.94. The normalized spacial score (nSPS) is 28.7. The summed E-state index contributed by atoms with van der Waals surface area (Å²) >= 11 is 0. The van der Waals surface area contributed by atoms with Crippen molar-refractivity contribution in [2.75, 3.05) is 13.1 Å². The molecule has 2 rings (SSSR count). The lowest BCUT2D eigenvalue weighted by molar-refractivity contribution is 0.0932. The van der Waals surface area contributed by atoms with Crippen LogP contribution in [0.15, 0.2) is 12.1 Å². The minimum Gasteiger partial charge on any atom is -0.370 e. The monoisotopic (exact) mass is 170 g/mol. The van der Waals surface area contributed by atoms with Crippen molar-refractivity contribution in [3.63, 3.8) is 0 Å². The molecule has 2 aliphatic heterocycles. The molecule has 1 unspecified atom stereocenters. The summed E-state index contributed by atoms with van der Waals surface area (Å²) in [6.45, 7) is 2.15. The third-order valence-corrected chi connectivity index (χ3v) is 2.07. The SMILES string of the molecule is C1=C(NC2CCCNC2)ONN1. The summed E-state index contributed by atoms with van der Waals surface area (Å²) in [5.41, 5.74) is 5.28. The summed E-state index contributed by atoms with van der Waals surface area (Å²) < 4.78 is 0. The molecule has 4 N–H and O–H groups in total. The molecule has 68 valence electrons. The second-order valence-electron chi connectivity index (χ2n) is 3.04. The number of piperidine rings is 1. The van der Waals surface area contributed by atoms with Gasteiger partial charge < -0.3 is 15.5 Å². The molecule has 0 aliphatic carbocycles. The second-order valence-corrected chi connectivity index (χ2v) is 3.04. The van der Waals surface area contributed by atoms with E-state index in [-0.39, 0.29) is 0 Å². The Morgan fingerprint density at radius 3 is 3.25 bits per heavy atom. The van der Waals surface area contributed by atoms with Gasteiger partial charge in [0.2, 0.25) is 5.88 Å². The average molecular weight is 170 g/mol. The van der Waals surface area contributed by atoms with Crippen molar-refractivity contribution < 1.29 is 4.84 Å². The summed E-state index contributed by atoms with van der Waals surface area (Å²) in [5.74, 6) is 0.767. The van der Waals surface area contributed by atoms with Crippen LogP contribution in [-0.2, 0) is 4.84 Å². The Balaban J connectivity index is 1.77. The maximum Gasteiger partial charge on any atom is 0.232 e. The molecule has 0 bridgehead atoms. The first-order valence-electron chi connectivity index (χ1n) is 4.30. The predicted octanol–water partition coefficient (Wildman–Crippen LogP) is -0.834. The lowest BCUT2D eigenvalue weighted by Gasteiger charge is -2.23. The predicted molar refractivity (Wildman–Crippen MR) is 44.5 cm³/mol. The van der Waals surface area contributed by atoms with Gasteiger partial charge >= 0.3 is 0 Å². The number of nitrogens with one attached hydrogen (secondary N) is 4. The first-order valence-corrected chi connectivity index (χ1v) is 4.30. The van der Waals surface area contributed by atoms with E-state index in [0.29, 0.717) is 6.04 Å². The van der Waals surface area contributed by atoms with Crippen molar-refractivity contribution >= 4 is 0 Å². The fourth-order valence-electron chi connectivity index (χ4n) is 1.46. The van der Waals surface area contributed by atoms with Crippen LogP contribution in [0.25, 0.3) is 0 Å². The summed E-state index contributed by atoms with van der Waals surface area (Å²) in [7, 11) is 0. The van der Waals surface area contributed by atoms with Gasteiger partial charge in [-0.3, -0.25) is 5.43 Å². The van der Waals surface area contributed by atoms with Gasteiger partial charge in [0.1, 0.15) is 0 Å². The van der Waals surface area contributed by atoms with Crippen molar-refractivity contribution in [3.8, 4) is 0 Å². The van der Waals surface area contributed by atoms with Crippen LogP contribution in [0.4, 0.5) is 0 Å². The molecule has 0 radical (unpaired) electrons. The Morgan fingerprint density at radius 1 is 1.58 bits per heavy atom.